The molecule has 0 spiro atoms. The first-order valence-electron chi connectivity index (χ1n) is 9.72. The molecule has 1 N–H and O–H groups in total. The van der Waals surface area contributed by atoms with Crippen LogP contribution in [-0.2, 0) is 0 Å². The maximum Gasteiger partial charge on any atom is 0.127 e. The smallest absolute Gasteiger partial charge is 0.127 e. The molecule has 0 saturated heterocycles. The largest absolute Gasteiger partial charge is 0.332 e. The van der Waals surface area contributed by atoms with E-state index in [9.17, 15) is 0 Å². The van der Waals surface area contributed by atoms with E-state index in [2.05, 4.69) is 58.1 Å². The van der Waals surface area contributed by atoms with Gasteiger partial charge in [-0.25, -0.2) is 0 Å². The number of nitrogens with one attached hydrogen (secondary N) is 1. The monoisotopic (exact) mass is 328 g/mol. The molecule has 0 aromatic carbocycles. The molecule has 0 aromatic rings. The van der Waals surface area contributed by atoms with Gasteiger partial charge >= 0.3 is 0 Å². The highest BCUT2D eigenvalue weighted by Gasteiger charge is 2.54. The molecule has 5 radical (unpaired) electrons. The van der Waals surface area contributed by atoms with Gasteiger partial charge in [-0.2, -0.15) is 0 Å². The predicted molar refractivity (Wildman–Crippen MR) is 100 cm³/mol. The van der Waals surface area contributed by atoms with Crippen LogP contribution < -0.4 is 4.98 Å². The Balaban J connectivity index is 1.46. The Morgan fingerprint density at radius 1 is 0.957 bits per heavy atom. The first kappa shape index (κ1) is 16.6. The van der Waals surface area contributed by atoms with E-state index in [1.54, 1.807) is 5.54 Å². The normalized spacial score (nSPS) is 41.9. The maximum absolute atomic E-state index is 4.32. The minimum atomic E-state index is -1.57. The van der Waals surface area contributed by atoms with Crippen LogP contribution in [0.25, 0.3) is 0 Å². The molecular formula is C21H34NSi. The van der Waals surface area contributed by atoms with E-state index in [4.69, 9.17) is 0 Å². The standard InChI is InChI=1S/C21H34NSi/c1-20(2,3)18-6-7-19(11-18)23(4,5)22-21-12-15-8-16(13-21)10-17(9-15)14-21/h6-7,11,15-17,22H,8-10,12-14H2,1-5H3. The van der Waals surface area contributed by atoms with Crippen LogP contribution in [0.2, 0.25) is 13.1 Å². The Morgan fingerprint density at radius 2 is 1.48 bits per heavy atom. The van der Waals surface area contributed by atoms with Crippen molar-refractivity contribution in [2.75, 3.05) is 0 Å². The summed E-state index contributed by atoms with van der Waals surface area (Å²) in [5, 5.41) is 0. The topological polar surface area (TPSA) is 12.0 Å². The average molecular weight is 329 g/mol. The second-order valence-electron chi connectivity index (χ2n) is 10.6. The summed E-state index contributed by atoms with van der Waals surface area (Å²) in [6.45, 7) is 12.0. The molecule has 5 saturated carbocycles. The van der Waals surface area contributed by atoms with Gasteiger partial charge in [-0.1, -0.05) is 33.9 Å². The molecule has 4 bridgehead atoms. The van der Waals surface area contributed by atoms with E-state index in [1.165, 1.54) is 44.4 Å². The zero-order valence-corrected chi connectivity index (χ0v) is 16.7. The molecule has 0 aliphatic heterocycles. The van der Waals surface area contributed by atoms with Crippen LogP contribution in [0.3, 0.4) is 0 Å². The summed E-state index contributed by atoms with van der Waals surface area (Å²) in [5.41, 5.74) is 2.37. The summed E-state index contributed by atoms with van der Waals surface area (Å²) in [7, 11) is -1.57. The van der Waals surface area contributed by atoms with Crippen LogP contribution in [0.1, 0.15) is 59.3 Å². The highest BCUT2D eigenvalue weighted by molar-refractivity contribution is 6.81. The highest BCUT2D eigenvalue weighted by atomic mass is 28.3. The molecule has 2 heteroatoms. The van der Waals surface area contributed by atoms with Gasteiger partial charge in [0, 0.05) is 5.54 Å². The van der Waals surface area contributed by atoms with Gasteiger partial charge in [0.1, 0.15) is 8.24 Å². The second kappa shape index (κ2) is 5.33. The van der Waals surface area contributed by atoms with E-state index in [1.807, 2.05) is 0 Å². The van der Waals surface area contributed by atoms with E-state index in [-0.39, 0.29) is 5.41 Å². The molecule has 1 nitrogen and oxygen atoms in total. The number of hydrogen-bond acceptors (Lipinski definition) is 1. The van der Waals surface area contributed by atoms with Crippen molar-refractivity contribution >= 4 is 8.24 Å². The van der Waals surface area contributed by atoms with Crippen molar-refractivity contribution in [1.82, 2.24) is 4.98 Å². The fraction of sp³-hybridized carbons (Fsp3) is 0.762. The molecule has 5 fully saturated rings. The molecular weight excluding hydrogens is 294 g/mol. The summed E-state index contributed by atoms with van der Waals surface area (Å²) in [6, 6.07) is 0. The minimum Gasteiger partial charge on any atom is -0.332 e. The maximum atomic E-state index is 4.32. The van der Waals surface area contributed by atoms with Gasteiger partial charge < -0.3 is 4.98 Å². The zero-order chi connectivity index (χ0) is 16.5. The van der Waals surface area contributed by atoms with Gasteiger partial charge in [0.15, 0.2) is 0 Å². The Hall–Kier alpha value is 0.177. The van der Waals surface area contributed by atoms with Crippen molar-refractivity contribution in [2.24, 2.45) is 23.2 Å². The van der Waals surface area contributed by atoms with Crippen molar-refractivity contribution in [1.29, 1.82) is 0 Å². The summed E-state index contributed by atoms with van der Waals surface area (Å²) in [5.74, 6) is 4.59. The third-order valence-corrected chi connectivity index (χ3v) is 9.87. The molecule has 0 atom stereocenters. The van der Waals surface area contributed by atoms with Crippen molar-refractivity contribution in [3.05, 3.63) is 30.7 Å². The molecule has 0 unspecified atom stereocenters. The van der Waals surface area contributed by atoms with Crippen LogP contribution in [0.4, 0.5) is 0 Å². The first-order chi connectivity index (χ1) is 10.7. The minimum absolute atomic E-state index is 0.267. The molecule has 5 aliphatic rings. The lowest BCUT2D eigenvalue weighted by atomic mass is 9.53. The molecule has 127 valence electrons. The van der Waals surface area contributed by atoms with Crippen molar-refractivity contribution in [2.45, 2.75) is 77.9 Å². The summed E-state index contributed by atoms with van der Waals surface area (Å²) in [4.78, 5) is 4.32. The molecule has 23 heavy (non-hydrogen) atoms. The van der Waals surface area contributed by atoms with E-state index in [0.717, 1.165) is 17.8 Å². The molecule has 0 heterocycles. The number of rotatable bonds is 3. The fourth-order valence-corrected chi connectivity index (χ4v) is 9.09. The molecule has 5 rings (SSSR count). The Morgan fingerprint density at radius 3 is 1.91 bits per heavy atom. The summed E-state index contributed by atoms with van der Waals surface area (Å²) < 4.78 is 0. The lowest BCUT2D eigenvalue weighted by Gasteiger charge is -2.59. The van der Waals surface area contributed by atoms with Crippen LogP contribution in [0, 0.1) is 53.9 Å². The summed E-state index contributed by atoms with van der Waals surface area (Å²) >= 11 is 0. The second-order valence-corrected chi connectivity index (χ2v) is 14.7. The number of hydrogen-bond donors (Lipinski definition) is 1. The van der Waals surface area contributed by atoms with Crippen molar-refractivity contribution in [3.63, 3.8) is 0 Å². The molecule has 0 aromatic heterocycles. The lowest BCUT2D eigenvalue weighted by molar-refractivity contribution is -0.00960. The highest BCUT2D eigenvalue weighted by Crippen LogP contribution is 2.56. The average Bonchev–Trinajstić information content (AvgIpc) is 2.85. The van der Waals surface area contributed by atoms with Gasteiger partial charge in [-0.05, 0) is 92.4 Å². The van der Waals surface area contributed by atoms with Gasteiger partial charge in [0.2, 0.25) is 0 Å². The van der Waals surface area contributed by atoms with E-state index < -0.39 is 8.24 Å². The van der Waals surface area contributed by atoms with Crippen LogP contribution >= 0.6 is 0 Å². The van der Waals surface area contributed by atoms with Crippen molar-refractivity contribution in [3.8, 4) is 0 Å². The van der Waals surface area contributed by atoms with Gasteiger partial charge in [-0.3, -0.25) is 0 Å². The quantitative estimate of drug-likeness (QED) is 0.710. The zero-order valence-electron chi connectivity index (χ0n) is 15.7. The Bertz CT molecular complexity index is 426. The first-order valence-corrected chi connectivity index (χ1v) is 12.7. The van der Waals surface area contributed by atoms with Crippen LogP contribution in [0.15, 0.2) is 0 Å². The molecule has 0 amide bonds. The van der Waals surface area contributed by atoms with Crippen LogP contribution in [-0.4, -0.2) is 13.8 Å². The van der Waals surface area contributed by atoms with E-state index >= 15 is 0 Å². The van der Waals surface area contributed by atoms with Crippen molar-refractivity contribution < 1.29 is 0 Å². The third kappa shape index (κ3) is 3.08. The predicted octanol–water partition coefficient (Wildman–Crippen LogP) is 5.11. The third-order valence-electron chi connectivity index (χ3n) is 6.96. The van der Waals surface area contributed by atoms with Gasteiger partial charge in [0.25, 0.3) is 0 Å². The van der Waals surface area contributed by atoms with Gasteiger partial charge in [-0.15, -0.1) is 0 Å². The molecule has 5 aliphatic carbocycles. The Labute approximate surface area is 145 Å². The summed E-state index contributed by atoms with van der Waals surface area (Å²) in [6.07, 6.45) is 16.3. The van der Waals surface area contributed by atoms with E-state index in [0.29, 0.717) is 5.54 Å². The SMILES string of the molecule is CC(C)(C)[C]1[CH][CH][C]([Si](C)(C)NC23CC4CC(CC(C4)C2)C3)[CH]1. The lowest BCUT2D eigenvalue weighted by Crippen LogP contribution is -2.67. The Kier molecular flexibility index (Phi) is 3.86. The van der Waals surface area contributed by atoms with Gasteiger partial charge in [0.05, 0.1) is 0 Å². The van der Waals surface area contributed by atoms with Crippen LogP contribution in [0.5, 0.6) is 0 Å². The fourth-order valence-electron chi connectivity index (χ4n) is 6.30.